The molecule has 0 atom stereocenters. The van der Waals surface area contributed by atoms with Gasteiger partial charge in [0.25, 0.3) is 0 Å². The Labute approximate surface area is 134 Å². The summed E-state index contributed by atoms with van der Waals surface area (Å²) in [5.41, 5.74) is 6.50. The molecule has 1 aromatic rings. The zero-order valence-corrected chi connectivity index (χ0v) is 13.8. The van der Waals surface area contributed by atoms with Gasteiger partial charge in [0.05, 0.1) is 6.61 Å². The molecule has 1 saturated carbocycles. The first-order valence-electron chi connectivity index (χ1n) is 8.65. The number of carbonyl (C=O) groups excluding carboxylic acids is 1. The first kappa shape index (κ1) is 17.0. The maximum Gasteiger partial charge on any atom is 0.164 e. The van der Waals surface area contributed by atoms with E-state index >= 15 is 0 Å². The number of benzene rings is 1. The third-order valence-corrected chi connectivity index (χ3v) is 4.77. The zero-order chi connectivity index (χ0) is 15.8. The Morgan fingerprint density at radius 1 is 1.27 bits per heavy atom. The van der Waals surface area contributed by atoms with Gasteiger partial charge in [-0.2, -0.15) is 0 Å². The van der Waals surface area contributed by atoms with Crippen LogP contribution in [0.3, 0.4) is 0 Å². The van der Waals surface area contributed by atoms with Crippen LogP contribution in [0.4, 0.5) is 0 Å². The summed E-state index contributed by atoms with van der Waals surface area (Å²) in [7, 11) is 0. The molecule has 0 bridgehead atoms. The minimum absolute atomic E-state index is 0.0916. The van der Waals surface area contributed by atoms with Crippen molar-refractivity contribution in [2.24, 2.45) is 11.1 Å². The predicted octanol–water partition coefficient (Wildman–Crippen LogP) is 4.35. The number of ether oxygens (including phenoxy) is 1. The first-order valence-corrected chi connectivity index (χ1v) is 8.65. The summed E-state index contributed by atoms with van der Waals surface area (Å²) < 4.78 is 6.09. The van der Waals surface area contributed by atoms with Gasteiger partial charge >= 0.3 is 0 Å². The minimum Gasteiger partial charge on any atom is -0.493 e. The quantitative estimate of drug-likeness (QED) is 0.726. The number of nitrogens with two attached hydrogens (primary N) is 1. The first-order chi connectivity index (χ1) is 10.7. The summed E-state index contributed by atoms with van der Waals surface area (Å²) in [4.78, 5) is 11.9. The molecule has 22 heavy (non-hydrogen) atoms. The SMILES string of the molecule is CCCC1(COc2cccc(C(=O)CCN)c2)CCCCC1. The highest BCUT2D eigenvalue weighted by atomic mass is 16.5. The second kappa shape index (κ2) is 8.33. The summed E-state index contributed by atoms with van der Waals surface area (Å²) in [5, 5.41) is 0. The van der Waals surface area contributed by atoms with E-state index in [2.05, 4.69) is 6.92 Å². The molecule has 0 radical (unpaired) electrons. The summed E-state index contributed by atoms with van der Waals surface area (Å²) in [5.74, 6) is 0.901. The fourth-order valence-electron chi connectivity index (χ4n) is 3.57. The van der Waals surface area contributed by atoms with Crippen LogP contribution in [-0.2, 0) is 0 Å². The summed E-state index contributed by atoms with van der Waals surface area (Å²) in [6, 6.07) is 7.54. The van der Waals surface area contributed by atoms with Crippen LogP contribution >= 0.6 is 0 Å². The highest BCUT2D eigenvalue weighted by Gasteiger charge is 2.31. The predicted molar refractivity (Wildman–Crippen MR) is 90.4 cm³/mol. The van der Waals surface area contributed by atoms with Crippen molar-refractivity contribution in [1.82, 2.24) is 0 Å². The Balaban J connectivity index is 2.00. The molecule has 0 aromatic heterocycles. The average Bonchev–Trinajstić information content (AvgIpc) is 2.55. The molecular formula is C19H29NO2. The molecule has 0 heterocycles. The molecule has 1 aliphatic rings. The molecular weight excluding hydrogens is 274 g/mol. The van der Waals surface area contributed by atoms with Crippen LogP contribution in [0, 0.1) is 5.41 Å². The summed E-state index contributed by atoms with van der Waals surface area (Å²) in [6.45, 7) is 3.42. The molecule has 0 spiro atoms. The molecule has 122 valence electrons. The Bertz CT molecular complexity index is 473. The number of Topliss-reactive ketones (excluding diaryl/α,β-unsaturated/α-hetero) is 1. The van der Waals surface area contributed by atoms with Gasteiger partial charge in [0.2, 0.25) is 0 Å². The lowest BCUT2D eigenvalue weighted by Crippen LogP contribution is -2.31. The molecule has 1 aromatic carbocycles. The van der Waals surface area contributed by atoms with E-state index in [1.165, 1.54) is 44.9 Å². The van der Waals surface area contributed by atoms with Gasteiger partial charge in [-0.1, -0.05) is 44.7 Å². The van der Waals surface area contributed by atoms with Gasteiger partial charge in [-0.05, 0) is 37.9 Å². The molecule has 0 saturated heterocycles. The molecule has 3 heteroatoms. The second-order valence-electron chi connectivity index (χ2n) is 6.59. The zero-order valence-electron chi connectivity index (χ0n) is 13.8. The minimum atomic E-state index is 0.0916. The van der Waals surface area contributed by atoms with Gasteiger partial charge in [-0.15, -0.1) is 0 Å². The Kier molecular flexibility index (Phi) is 6.44. The second-order valence-corrected chi connectivity index (χ2v) is 6.59. The van der Waals surface area contributed by atoms with Crippen LogP contribution in [0.1, 0.15) is 68.6 Å². The fourth-order valence-corrected chi connectivity index (χ4v) is 3.57. The van der Waals surface area contributed by atoms with Gasteiger partial charge in [-0.25, -0.2) is 0 Å². The third kappa shape index (κ3) is 4.57. The molecule has 0 aliphatic heterocycles. The summed E-state index contributed by atoms with van der Waals surface area (Å²) in [6.07, 6.45) is 9.37. The lowest BCUT2D eigenvalue weighted by Gasteiger charge is -2.37. The standard InChI is InChI=1S/C19H29NO2/c1-2-10-19(11-4-3-5-12-19)15-22-17-8-6-7-16(14-17)18(21)9-13-20/h6-8,14H,2-5,9-13,15,20H2,1H3. The van der Waals surface area contributed by atoms with Crippen molar-refractivity contribution in [2.45, 2.75) is 58.3 Å². The smallest absolute Gasteiger partial charge is 0.164 e. The van der Waals surface area contributed by atoms with Crippen LogP contribution in [-0.4, -0.2) is 18.9 Å². The Morgan fingerprint density at radius 3 is 2.73 bits per heavy atom. The van der Waals surface area contributed by atoms with Gasteiger partial charge in [-0.3, -0.25) is 4.79 Å². The van der Waals surface area contributed by atoms with Gasteiger partial charge in [0.15, 0.2) is 5.78 Å². The Morgan fingerprint density at radius 2 is 2.05 bits per heavy atom. The highest BCUT2D eigenvalue weighted by Crippen LogP contribution is 2.40. The third-order valence-electron chi connectivity index (χ3n) is 4.77. The van der Waals surface area contributed by atoms with Gasteiger partial charge < -0.3 is 10.5 Å². The van der Waals surface area contributed by atoms with Crippen molar-refractivity contribution >= 4 is 5.78 Å². The topological polar surface area (TPSA) is 52.3 Å². The molecule has 1 aliphatic carbocycles. The van der Waals surface area contributed by atoms with Crippen LogP contribution < -0.4 is 10.5 Å². The van der Waals surface area contributed by atoms with Crippen molar-refractivity contribution in [3.05, 3.63) is 29.8 Å². The van der Waals surface area contributed by atoms with Gasteiger partial charge in [0.1, 0.15) is 5.75 Å². The van der Waals surface area contributed by atoms with Crippen LogP contribution in [0.25, 0.3) is 0 Å². The maximum atomic E-state index is 11.9. The molecule has 1 fully saturated rings. The molecule has 2 N–H and O–H groups in total. The number of hydrogen-bond acceptors (Lipinski definition) is 3. The van der Waals surface area contributed by atoms with Crippen LogP contribution in [0.2, 0.25) is 0 Å². The van der Waals surface area contributed by atoms with E-state index in [0.717, 1.165) is 12.4 Å². The van der Waals surface area contributed by atoms with Crippen molar-refractivity contribution in [3.63, 3.8) is 0 Å². The van der Waals surface area contributed by atoms with E-state index in [0.29, 0.717) is 23.9 Å². The normalized spacial score (nSPS) is 17.2. The number of carbonyl (C=O) groups is 1. The van der Waals surface area contributed by atoms with E-state index in [4.69, 9.17) is 10.5 Å². The van der Waals surface area contributed by atoms with E-state index in [1.807, 2.05) is 24.3 Å². The molecule has 2 rings (SSSR count). The van der Waals surface area contributed by atoms with E-state index in [-0.39, 0.29) is 5.78 Å². The van der Waals surface area contributed by atoms with Crippen molar-refractivity contribution in [1.29, 1.82) is 0 Å². The van der Waals surface area contributed by atoms with Gasteiger partial charge in [0, 0.05) is 17.4 Å². The Hall–Kier alpha value is -1.35. The van der Waals surface area contributed by atoms with Crippen molar-refractivity contribution < 1.29 is 9.53 Å². The largest absolute Gasteiger partial charge is 0.493 e. The fraction of sp³-hybridized carbons (Fsp3) is 0.632. The molecule has 0 unspecified atom stereocenters. The maximum absolute atomic E-state index is 11.9. The lowest BCUT2D eigenvalue weighted by molar-refractivity contribution is 0.0863. The van der Waals surface area contributed by atoms with Crippen molar-refractivity contribution in [2.75, 3.05) is 13.2 Å². The van der Waals surface area contributed by atoms with E-state index in [1.54, 1.807) is 0 Å². The number of hydrogen-bond donors (Lipinski definition) is 1. The van der Waals surface area contributed by atoms with E-state index < -0.39 is 0 Å². The average molecular weight is 303 g/mol. The number of ketones is 1. The van der Waals surface area contributed by atoms with Crippen LogP contribution in [0.15, 0.2) is 24.3 Å². The molecule has 3 nitrogen and oxygen atoms in total. The number of rotatable bonds is 8. The molecule has 0 amide bonds. The van der Waals surface area contributed by atoms with Crippen molar-refractivity contribution in [3.8, 4) is 5.75 Å². The highest BCUT2D eigenvalue weighted by molar-refractivity contribution is 5.96. The lowest BCUT2D eigenvalue weighted by atomic mass is 9.72. The monoisotopic (exact) mass is 303 g/mol. The van der Waals surface area contributed by atoms with E-state index in [9.17, 15) is 4.79 Å². The summed E-state index contributed by atoms with van der Waals surface area (Å²) >= 11 is 0. The van der Waals surface area contributed by atoms with Crippen LogP contribution in [0.5, 0.6) is 5.75 Å².